The van der Waals surface area contributed by atoms with Gasteiger partial charge in [0.2, 0.25) is 0 Å². The molecule has 0 aliphatic rings. The minimum Gasteiger partial charge on any atom is -0.378 e. The van der Waals surface area contributed by atoms with Gasteiger partial charge in [0, 0.05) is 25.3 Å². The normalized spacial score (nSPS) is 10.6. The lowest BCUT2D eigenvalue weighted by molar-refractivity contribution is 0.181. The smallest absolute Gasteiger partial charge is 0.161 e. The molecule has 0 atom stereocenters. The Morgan fingerprint density at radius 1 is 1.30 bits per heavy atom. The summed E-state index contributed by atoms with van der Waals surface area (Å²) >= 11 is 3.17. The van der Waals surface area contributed by atoms with Crippen molar-refractivity contribution in [1.29, 1.82) is 0 Å². The highest BCUT2D eigenvalue weighted by molar-refractivity contribution is 9.10. The molecule has 0 unspecified atom stereocenters. The summed E-state index contributed by atoms with van der Waals surface area (Å²) < 4.78 is 18.8. The van der Waals surface area contributed by atoms with Crippen LogP contribution in [0.4, 0.5) is 10.2 Å². The number of anilines is 1. The third kappa shape index (κ3) is 3.52. The largest absolute Gasteiger partial charge is 0.378 e. The quantitative estimate of drug-likeness (QED) is 0.903. The van der Waals surface area contributed by atoms with Crippen LogP contribution in [0, 0.1) is 5.82 Å². The van der Waals surface area contributed by atoms with Gasteiger partial charge in [0.1, 0.15) is 11.6 Å². The zero-order chi connectivity index (χ0) is 14.5. The van der Waals surface area contributed by atoms with Crippen molar-refractivity contribution in [2.45, 2.75) is 13.5 Å². The first-order chi connectivity index (χ1) is 9.63. The third-order valence-electron chi connectivity index (χ3n) is 2.61. The van der Waals surface area contributed by atoms with E-state index in [1.165, 1.54) is 6.07 Å². The Bertz CT molecular complexity index is 583. The Balaban J connectivity index is 2.45. The van der Waals surface area contributed by atoms with Crippen LogP contribution in [-0.2, 0) is 11.3 Å². The van der Waals surface area contributed by atoms with Crippen molar-refractivity contribution >= 4 is 21.7 Å². The van der Waals surface area contributed by atoms with Crippen molar-refractivity contribution in [3.63, 3.8) is 0 Å². The molecule has 0 fully saturated rings. The molecule has 0 amide bonds. The number of methoxy groups -OCH3 is 1. The van der Waals surface area contributed by atoms with Gasteiger partial charge in [0.25, 0.3) is 0 Å². The van der Waals surface area contributed by atoms with E-state index in [2.05, 4.69) is 31.2 Å². The van der Waals surface area contributed by atoms with Crippen LogP contribution in [0.5, 0.6) is 0 Å². The molecule has 6 heteroatoms. The number of benzene rings is 1. The van der Waals surface area contributed by atoms with Crippen LogP contribution in [0.2, 0.25) is 0 Å². The van der Waals surface area contributed by atoms with Gasteiger partial charge in [-0.1, -0.05) is 0 Å². The molecule has 0 bridgehead atoms. The molecule has 4 nitrogen and oxygen atoms in total. The number of hydrogen-bond donors (Lipinski definition) is 1. The molecule has 0 saturated carbocycles. The first-order valence-corrected chi connectivity index (χ1v) is 6.99. The third-order valence-corrected chi connectivity index (χ3v) is 3.21. The highest BCUT2D eigenvalue weighted by Gasteiger charge is 2.09. The summed E-state index contributed by atoms with van der Waals surface area (Å²) in [7, 11) is 1.61. The summed E-state index contributed by atoms with van der Waals surface area (Å²) in [5, 5.41) is 3.15. The zero-order valence-electron chi connectivity index (χ0n) is 11.3. The van der Waals surface area contributed by atoms with Gasteiger partial charge >= 0.3 is 0 Å². The molecule has 1 N–H and O–H groups in total. The minimum absolute atomic E-state index is 0.311. The predicted molar refractivity (Wildman–Crippen MR) is 80.0 cm³/mol. The number of ether oxygens (including phenoxy) is 1. The van der Waals surface area contributed by atoms with E-state index in [-0.39, 0.29) is 5.82 Å². The molecule has 0 spiro atoms. The Labute approximate surface area is 125 Å². The second-order valence-electron chi connectivity index (χ2n) is 4.16. The second-order valence-corrected chi connectivity index (χ2v) is 5.01. The standard InChI is InChI=1S/C14H15BrFN3O/c1-3-17-13-7-10(8-20-2)18-14(19-13)9-4-5-12(16)11(15)6-9/h4-7H,3,8H2,1-2H3,(H,17,18,19). The van der Waals surface area contributed by atoms with Crippen LogP contribution >= 0.6 is 15.9 Å². The number of aromatic nitrogens is 2. The van der Waals surface area contributed by atoms with Crippen molar-refractivity contribution in [2.75, 3.05) is 19.0 Å². The highest BCUT2D eigenvalue weighted by atomic mass is 79.9. The Morgan fingerprint density at radius 3 is 2.75 bits per heavy atom. The van der Waals surface area contributed by atoms with Gasteiger partial charge in [-0.15, -0.1) is 0 Å². The van der Waals surface area contributed by atoms with Gasteiger partial charge in [-0.3, -0.25) is 0 Å². The van der Waals surface area contributed by atoms with Gasteiger partial charge < -0.3 is 10.1 Å². The predicted octanol–water partition coefficient (Wildman–Crippen LogP) is 3.62. The number of nitrogens with one attached hydrogen (secondary N) is 1. The summed E-state index contributed by atoms with van der Waals surface area (Å²) in [6, 6.07) is 6.55. The van der Waals surface area contributed by atoms with Crippen LogP contribution < -0.4 is 5.32 Å². The van der Waals surface area contributed by atoms with Crippen molar-refractivity contribution in [2.24, 2.45) is 0 Å². The van der Waals surface area contributed by atoms with Crippen LogP contribution in [0.3, 0.4) is 0 Å². The molecule has 20 heavy (non-hydrogen) atoms. The zero-order valence-corrected chi connectivity index (χ0v) is 12.9. The summed E-state index contributed by atoms with van der Waals surface area (Å²) in [5.74, 6) is 0.954. The minimum atomic E-state index is -0.311. The van der Waals surface area contributed by atoms with Gasteiger partial charge in [0.15, 0.2) is 5.82 Å². The summed E-state index contributed by atoms with van der Waals surface area (Å²) in [6.07, 6.45) is 0. The maximum absolute atomic E-state index is 13.3. The molecule has 0 radical (unpaired) electrons. The molecule has 1 aromatic carbocycles. The maximum atomic E-state index is 13.3. The first kappa shape index (κ1) is 14.9. The first-order valence-electron chi connectivity index (χ1n) is 6.20. The van der Waals surface area contributed by atoms with E-state index in [1.807, 2.05) is 13.0 Å². The fraction of sp³-hybridized carbons (Fsp3) is 0.286. The van der Waals surface area contributed by atoms with Crippen LogP contribution in [0.15, 0.2) is 28.7 Å². The average molecular weight is 340 g/mol. The van der Waals surface area contributed by atoms with E-state index < -0.39 is 0 Å². The summed E-state index contributed by atoms with van der Waals surface area (Å²) in [4.78, 5) is 8.85. The molecular weight excluding hydrogens is 325 g/mol. The van der Waals surface area contributed by atoms with Crippen molar-refractivity contribution in [3.05, 3.63) is 40.2 Å². The fourth-order valence-corrected chi connectivity index (χ4v) is 2.13. The summed E-state index contributed by atoms with van der Waals surface area (Å²) in [6.45, 7) is 3.15. The summed E-state index contributed by atoms with van der Waals surface area (Å²) in [5.41, 5.74) is 1.52. The van der Waals surface area contributed by atoms with E-state index in [0.29, 0.717) is 16.9 Å². The molecule has 1 aromatic heterocycles. The molecular formula is C14H15BrFN3O. The van der Waals surface area contributed by atoms with Gasteiger partial charge in [-0.05, 0) is 41.1 Å². The number of nitrogens with zero attached hydrogens (tertiary/aromatic N) is 2. The van der Waals surface area contributed by atoms with Crippen molar-refractivity contribution in [3.8, 4) is 11.4 Å². The number of halogens is 2. The van der Waals surface area contributed by atoms with E-state index >= 15 is 0 Å². The maximum Gasteiger partial charge on any atom is 0.161 e. The molecule has 2 rings (SSSR count). The number of hydrogen-bond acceptors (Lipinski definition) is 4. The van der Waals surface area contributed by atoms with Crippen LogP contribution in [0.1, 0.15) is 12.6 Å². The van der Waals surface area contributed by atoms with E-state index in [1.54, 1.807) is 19.2 Å². The van der Waals surface area contributed by atoms with Gasteiger partial charge in [-0.2, -0.15) is 0 Å². The molecule has 0 aliphatic heterocycles. The van der Waals surface area contributed by atoms with E-state index in [0.717, 1.165) is 23.6 Å². The van der Waals surface area contributed by atoms with E-state index in [9.17, 15) is 4.39 Å². The Morgan fingerprint density at radius 2 is 2.10 bits per heavy atom. The Hall–Kier alpha value is -1.53. The van der Waals surface area contributed by atoms with Crippen LogP contribution in [0.25, 0.3) is 11.4 Å². The molecule has 2 aromatic rings. The average Bonchev–Trinajstić information content (AvgIpc) is 2.42. The molecule has 0 aliphatic carbocycles. The van der Waals surface area contributed by atoms with Gasteiger partial charge in [-0.25, -0.2) is 14.4 Å². The number of rotatable bonds is 5. The molecule has 0 saturated heterocycles. The van der Waals surface area contributed by atoms with E-state index in [4.69, 9.17) is 4.74 Å². The molecule has 1 heterocycles. The SMILES string of the molecule is CCNc1cc(COC)nc(-c2ccc(F)c(Br)c2)n1. The van der Waals surface area contributed by atoms with Crippen molar-refractivity contribution < 1.29 is 9.13 Å². The second kappa shape index (κ2) is 6.76. The monoisotopic (exact) mass is 339 g/mol. The highest BCUT2D eigenvalue weighted by Crippen LogP contribution is 2.24. The van der Waals surface area contributed by atoms with Crippen molar-refractivity contribution in [1.82, 2.24) is 9.97 Å². The molecule has 106 valence electrons. The fourth-order valence-electron chi connectivity index (χ4n) is 1.76. The van der Waals surface area contributed by atoms with Gasteiger partial charge in [0.05, 0.1) is 16.8 Å². The lowest BCUT2D eigenvalue weighted by atomic mass is 10.2. The lowest BCUT2D eigenvalue weighted by Gasteiger charge is -2.09. The lowest BCUT2D eigenvalue weighted by Crippen LogP contribution is -2.04. The Kier molecular flexibility index (Phi) is 5.03. The van der Waals surface area contributed by atoms with Crippen LogP contribution in [-0.4, -0.2) is 23.6 Å². The topological polar surface area (TPSA) is 47.0 Å².